The lowest BCUT2D eigenvalue weighted by atomic mass is 10.0. The summed E-state index contributed by atoms with van der Waals surface area (Å²) >= 11 is 0. The Hall–Kier alpha value is -2.82. The van der Waals surface area contributed by atoms with Gasteiger partial charge in [-0.05, 0) is 55.5 Å². The van der Waals surface area contributed by atoms with Crippen molar-refractivity contribution in [2.24, 2.45) is 5.41 Å². The molecule has 1 aliphatic heterocycles. The molecular weight excluding hydrogens is 350 g/mol. The van der Waals surface area contributed by atoms with Gasteiger partial charge in [-0.3, -0.25) is 9.59 Å². The van der Waals surface area contributed by atoms with Crippen LogP contribution >= 0.6 is 0 Å². The van der Waals surface area contributed by atoms with Gasteiger partial charge in [0.2, 0.25) is 11.8 Å². The van der Waals surface area contributed by atoms with E-state index in [1.165, 1.54) is 18.5 Å². The van der Waals surface area contributed by atoms with E-state index in [-0.39, 0.29) is 11.8 Å². The quantitative estimate of drug-likeness (QED) is 0.782. The zero-order valence-electron chi connectivity index (χ0n) is 16.4. The molecule has 1 N–H and O–H groups in total. The Balaban J connectivity index is 1.38. The molecule has 146 valence electrons. The van der Waals surface area contributed by atoms with Crippen molar-refractivity contribution in [2.75, 3.05) is 30.4 Å². The molecule has 0 radical (unpaired) electrons. The van der Waals surface area contributed by atoms with E-state index in [1.807, 2.05) is 54.6 Å². The summed E-state index contributed by atoms with van der Waals surface area (Å²) in [6.45, 7) is 2.70. The number of nitrogens with zero attached hydrogens (tertiary/aromatic N) is 2. The van der Waals surface area contributed by atoms with Gasteiger partial charge in [-0.1, -0.05) is 30.3 Å². The second kappa shape index (κ2) is 7.66. The first-order valence-corrected chi connectivity index (χ1v) is 10.0. The molecule has 0 atom stereocenters. The van der Waals surface area contributed by atoms with Gasteiger partial charge < -0.3 is 15.1 Å². The third-order valence-corrected chi connectivity index (χ3v) is 5.80. The van der Waals surface area contributed by atoms with E-state index in [0.29, 0.717) is 19.4 Å². The van der Waals surface area contributed by atoms with Crippen LogP contribution in [0.15, 0.2) is 54.6 Å². The van der Waals surface area contributed by atoms with Crippen molar-refractivity contribution in [3.8, 4) is 0 Å². The maximum Gasteiger partial charge on any atom is 0.240 e. The first-order valence-electron chi connectivity index (χ1n) is 10.0. The lowest BCUT2D eigenvalue weighted by Crippen LogP contribution is -2.40. The number of rotatable bonds is 6. The SMILES string of the molecule is CN(Cc1ccccc1)C(=O)C1(C(=O)Nc2ccc(N3CCCC3)cc2)CC1. The Morgan fingerprint density at radius 3 is 2.25 bits per heavy atom. The Morgan fingerprint density at radius 2 is 1.64 bits per heavy atom. The molecule has 0 aromatic heterocycles. The third-order valence-electron chi connectivity index (χ3n) is 5.80. The molecule has 1 heterocycles. The number of benzene rings is 2. The molecule has 5 heteroatoms. The highest BCUT2D eigenvalue weighted by Gasteiger charge is 2.57. The van der Waals surface area contributed by atoms with Crippen LogP contribution in [0.1, 0.15) is 31.2 Å². The van der Waals surface area contributed by atoms with Crippen LogP contribution < -0.4 is 10.2 Å². The summed E-state index contributed by atoms with van der Waals surface area (Å²) in [6.07, 6.45) is 3.70. The molecule has 1 aliphatic carbocycles. The van der Waals surface area contributed by atoms with Crippen LogP contribution in [0, 0.1) is 5.41 Å². The number of anilines is 2. The normalized spacial score (nSPS) is 17.2. The summed E-state index contributed by atoms with van der Waals surface area (Å²) in [5.41, 5.74) is 2.09. The molecule has 0 unspecified atom stereocenters. The molecule has 2 aromatic carbocycles. The first kappa shape index (κ1) is 18.5. The van der Waals surface area contributed by atoms with Crippen molar-refractivity contribution in [2.45, 2.75) is 32.2 Å². The number of amides is 2. The smallest absolute Gasteiger partial charge is 0.240 e. The van der Waals surface area contributed by atoms with Gasteiger partial charge in [-0.2, -0.15) is 0 Å². The van der Waals surface area contributed by atoms with Gasteiger partial charge in [-0.15, -0.1) is 0 Å². The largest absolute Gasteiger partial charge is 0.372 e. The second-order valence-electron chi connectivity index (χ2n) is 7.92. The molecule has 5 nitrogen and oxygen atoms in total. The predicted molar refractivity (Wildman–Crippen MR) is 111 cm³/mol. The summed E-state index contributed by atoms with van der Waals surface area (Å²) < 4.78 is 0. The van der Waals surface area contributed by atoms with Gasteiger partial charge >= 0.3 is 0 Å². The van der Waals surface area contributed by atoms with Crippen molar-refractivity contribution in [1.29, 1.82) is 0 Å². The van der Waals surface area contributed by atoms with Crippen molar-refractivity contribution in [1.82, 2.24) is 4.90 Å². The first-order chi connectivity index (χ1) is 13.6. The van der Waals surface area contributed by atoms with Gasteiger partial charge in [0.05, 0.1) is 0 Å². The van der Waals surface area contributed by atoms with Crippen molar-refractivity contribution in [3.05, 3.63) is 60.2 Å². The molecule has 2 fully saturated rings. The Bertz CT molecular complexity index is 838. The van der Waals surface area contributed by atoms with Gasteiger partial charge in [0.1, 0.15) is 5.41 Å². The summed E-state index contributed by atoms with van der Waals surface area (Å²) in [5.74, 6) is -0.283. The minimum atomic E-state index is -0.906. The van der Waals surface area contributed by atoms with Crippen LogP contribution in [0.3, 0.4) is 0 Å². The van der Waals surface area contributed by atoms with E-state index in [2.05, 4.69) is 10.2 Å². The highest BCUT2D eigenvalue weighted by Crippen LogP contribution is 2.48. The number of hydrogen-bond donors (Lipinski definition) is 1. The summed E-state index contributed by atoms with van der Waals surface area (Å²) in [5, 5.41) is 2.96. The van der Waals surface area contributed by atoms with Crippen molar-refractivity contribution < 1.29 is 9.59 Å². The summed E-state index contributed by atoms with van der Waals surface area (Å²) in [4.78, 5) is 29.8. The fourth-order valence-electron chi connectivity index (χ4n) is 3.94. The maximum absolute atomic E-state index is 12.9. The van der Waals surface area contributed by atoms with E-state index in [1.54, 1.807) is 11.9 Å². The topological polar surface area (TPSA) is 52.7 Å². The van der Waals surface area contributed by atoms with Crippen LogP contribution in [-0.2, 0) is 16.1 Å². The van der Waals surface area contributed by atoms with E-state index < -0.39 is 5.41 Å². The summed E-state index contributed by atoms with van der Waals surface area (Å²) in [6, 6.07) is 17.8. The zero-order chi connectivity index (χ0) is 19.6. The van der Waals surface area contributed by atoms with E-state index >= 15 is 0 Å². The van der Waals surface area contributed by atoms with E-state index in [0.717, 1.165) is 24.3 Å². The van der Waals surface area contributed by atoms with Crippen LogP contribution in [-0.4, -0.2) is 36.9 Å². The average molecular weight is 377 g/mol. The van der Waals surface area contributed by atoms with Crippen LogP contribution in [0.4, 0.5) is 11.4 Å². The fraction of sp³-hybridized carbons (Fsp3) is 0.391. The molecular formula is C23H27N3O2. The van der Waals surface area contributed by atoms with Crippen LogP contribution in [0.5, 0.6) is 0 Å². The molecule has 2 aliphatic rings. The Morgan fingerprint density at radius 1 is 1.00 bits per heavy atom. The van der Waals surface area contributed by atoms with Gasteiger partial charge in [0, 0.05) is 38.1 Å². The van der Waals surface area contributed by atoms with Gasteiger partial charge in [0.15, 0.2) is 0 Å². The second-order valence-corrected chi connectivity index (χ2v) is 7.92. The highest BCUT2D eigenvalue weighted by atomic mass is 16.2. The number of carbonyl (C=O) groups is 2. The lowest BCUT2D eigenvalue weighted by molar-refractivity contribution is -0.141. The molecule has 1 saturated carbocycles. The van der Waals surface area contributed by atoms with Crippen LogP contribution in [0.25, 0.3) is 0 Å². The van der Waals surface area contributed by atoms with Crippen LogP contribution in [0.2, 0.25) is 0 Å². The minimum Gasteiger partial charge on any atom is -0.372 e. The monoisotopic (exact) mass is 377 g/mol. The minimum absolute atomic E-state index is 0.0949. The van der Waals surface area contributed by atoms with Gasteiger partial charge in [-0.25, -0.2) is 0 Å². The maximum atomic E-state index is 12.9. The van der Waals surface area contributed by atoms with Crippen molar-refractivity contribution >= 4 is 23.2 Å². The van der Waals surface area contributed by atoms with E-state index in [4.69, 9.17) is 0 Å². The molecule has 0 spiro atoms. The van der Waals surface area contributed by atoms with E-state index in [9.17, 15) is 9.59 Å². The van der Waals surface area contributed by atoms with Gasteiger partial charge in [0.25, 0.3) is 0 Å². The lowest BCUT2D eigenvalue weighted by Gasteiger charge is -2.23. The Labute approximate surface area is 166 Å². The summed E-state index contributed by atoms with van der Waals surface area (Å²) in [7, 11) is 1.77. The number of carbonyl (C=O) groups excluding carboxylic acids is 2. The standard InChI is InChI=1S/C23H27N3O2/c1-25(17-18-7-3-2-4-8-18)22(28)23(13-14-23)21(27)24-19-9-11-20(12-10-19)26-15-5-6-16-26/h2-4,7-12H,5-6,13-17H2,1H3,(H,24,27). The average Bonchev–Trinajstić information content (AvgIpc) is 3.35. The zero-order valence-corrected chi connectivity index (χ0v) is 16.4. The number of hydrogen-bond acceptors (Lipinski definition) is 3. The molecule has 2 aromatic rings. The fourth-order valence-corrected chi connectivity index (χ4v) is 3.94. The predicted octanol–water partition coefficient (Wildman–Crippen LogP) is 3.66. The Kier molecular flexibility index (Phi) is 5.07. The number of nitrogens with one attached hydrogen (secondary N) is 1. The molecule has 4 rings (SSSR count). The molecule has 0 bridgehead atoms. The molecule has 28 heavy (non-hydrogen) atoms. The van der Waals surface area contributed by atoms with Crippen molar-refractivity contribution in [3.63, 3.8) is 0 Å². The molecule has 1 saturated heterocycles. The molecule has 2 amide bonds. The highest BCUT2D eigenvalue weighted by molar-refractivity contribution is 6.13. The third kappa shape index (κ3) is 3.75.